The molecule has 1 heterocycles. The highest BCUT2D eigenvalue weighted by Crippen LogP contribution is 2.49. The van der Waals surface area contributed by atoms with Gasteiger partial charge in [0.25, 0.3) is 0 Å². The highest BCUT2D eigenvalue weighted by Gasteiger charge is 2.33. The Kier molecular flexibility index (Phi) is 7.90. The molecule has 2 aromatic rings. The largest absolute Gasteiger partial charge is 0.416 e. The minimum Gasteiger partial charge on any atom is -0.340 e. The van der Waals surface area contributed by atoms with Crippen molar-refractivity contribution >= 4 is 23.1 Å². The average molecular weight is 423 g/mol. The number of anilines is 2. The van der Waals surface area contributed by atoms with Gasteiger partial charge in [0.15, 0.2) is 0 Å². The van der Waals surface area contributed by atoms with Crippen molar-refractivity contribution in [1.82, 2.24) is 0 Å². The van der Waals surface area contributed by atoms with Gasteiger partial charge in [0.2, 0.25) is 0 Å². The topological polar surface area (TPSA) is 29.3 Å². The van der Waals surface area contributed by atoms with Crippen LogP contribution in [-0.2, 0) is 6.18 Å². The number of unbranched alkanes of at least 4 members (excludes halogenated alkanes) is 7. The Morgan fingerprint density at radius 2 is 1.38 bits per heavy atom. The van der Waals surface area contributed by atoms with Crippen molar-refractivity contribution in [3.8, 4) is 0 Å². The number of halogens is 3. The predicted octanol–water partition coefficient (Wildman–Crippen LogP) is 7.39. The van der Waals surface area contributed by atoms with E-state index in [-0.39, 0.29) is 0 Å². The standard InChI is InChI=1S/C23H29F3N2S/c24-23(25,26)18-13-14-22-20(17-18)28(19-11-7-8-12-21(19)29-22)16-10-6-4-2-1-3-5-9-15-27/h7-8,11-14,17H,1-6,9-10,15-16,27H2. The molecule has 3 rings (SSSR count). The lowest BCUT2D eigenvalue weighted by Crippen LogP contribution is -2.22. The van der Waals surface area contributed by atoms with Gasteiger partial charge in [-0.15, -0.1) is 0 Å². The first kappa shape index (κ1) is 22.0. The molecule has 6 heteroatoms. The second-order valence-electron chi connectivity index (χ2n) is 7.52. The Bertz CT molecular complexity index is 792. The zero-order chi connectivity index (χ0) is 20.7. The summed E-state index contributed by atoms with van der Waals surface area (Å²) in [6, 6.07) is 12.1. The molecule has 2 aromatic carbocycles. The van der Waals surface area contributed by atoms with Crippen LogP contribution in [0.3, 0.4) is 0 Å². The summed E-state index contributed by atoms with van der Waals surface area (Å²) in [4.78, 5) is 4.05. The third-order valence-corrected chi connectivity index (χ3v) is 6.42. The summed E-state index contributed by atoms with van der Waals surface area (Å²) < 4.78 is 39.8. The molecular weight excluding hydrogens is 393 g/mol. The van der Waals surface area contributed by atoms with Gasteiger partial charge < -0.3 is 10.6 Å². The lowest BCUT2D eigenvalue weighted by Gasteiger charge is -2.33. The number of hydrogen-bond acceptors (Lipinski definition) is 3. The molecular formula is C23H29F3N2S. The van der Waals surface area contributed by atoms with E-state index in [0.717, 1.165) is 47.8 Å². The normalized spacial score (nSPS) is 13.3. The molecule has 2 N–H and O–H groups in total. The number of para-hydroxylation sites is 1. The zero-order valence-corrected chi connectivity index (χ0v) is 17.5. The zero-order valence-electron chi connectivity index (χ0n) is 16.7. The fourth-order valence-corrected chi connectivity index (χ4v) is 4.80. The quantitative estimate of drug-likeness (QED) is 0.405. The Hall–Kier alpha value is -1.66. The fraction of sp³-hybridized carbons (Fsp3) is 0.478. The molecule has 0 amide bonds. The first-order chi connectivity index (χ1) is 14.0. The molecule has 0 aliphatic carbocycles. The molecule has 0 unspecified atom stereocenters. The first-order valence-electron chi connectivity index (χ1n) is 10.5. The summed E-state index contributed by atoms with van der Waals surface area (Å²) in [7, 11) is 0. The van der Waals surface area contributed by atoms with Crippen molar-refractivity contribution in [2.75, 3.05) is 18.0 Å². The second-order valence-corrected chi connectivity index (χ2v) is 8.60. The molecule has 2 nitrogen and oxygen atoms in total. The molecule has 0 bridgehead atoms. The van der Waals surface area contributed by atoms with Crippen molar-refractivity contribution in [2.24, 2.45) is 5.73 Å². The van der Waals surface area contributed by atoms with E-state index in [1.807, 2.05) is 24.3 Å². The number of benzene rings is 2. The lowest BCUT2D eigenvalue weighted by molar-refractivity contribution is -0.137. The summed E-state index contributed by atoms with van der Waals surface area (Å²) in [5.41, 5.74) is 6.61. The maximum Gasteiger partial charge on any atom is 0.416 e. The molecule has 0 aromatic heterocycles. The molecule has 1 aliphatic heterocycles. The SMILES string of the molecule is NCCCCCCCCCCN1c2ccccc2Sc2ccc(C(F)(F)F)cc21. The van der Waals surface area contributed by atoms with E-state index in [9.17, 15) is 13.2 Å². The highest BCUT2D eigenvalue weighted by molar-refractivity contribution is 7.99. The van der Waals surface area contributed by atoms with Crippen LogP contribution in [0, 0.1) is 0 Å². The van der Waals surface area contributed by atoms with E-state index < -0.39 is 11.7 Å². The van der Waals surface area contributed by atoms with E-state index in [0.29, 0.717) is 5.69 Å². The third kappa shape index (κ3) is 5.92. The summed E-state index contributed by atoms with van der Waals surface area (Å²) in [6.45, 7) is 1.51. The molecule has 0 spiro atoms. The summed E-state index contributed by atoms with van der Waals surface area (Å²) in [5.74, 6) is 0. The smallest absolute Gasteiger partial charge is 0.340 e. The van der Waals surface area contributed by atoms with Crippen LogP contribution in [-0.4, -0.2) is 13.1 Å². The number of fused-ring (bicyclic) bond motifs is 2. The summed E-state index contributed by atoms with van der Waals surface area (Å²) in [5, 5.41) is 0. The van der Waals surface area contributed by atoms with E-state index in [4.69, 9.17) is 5.73 Å². The highest BCUT2D eigenvalue weighted by atomic mass is 32.2. The van der Waals surface area contributed by atoms with Crippen LogP contribution in [0.25, 0.3) is 0 Å². The van der Waals surface area contributed by atoms with Crippen molar-refractivity contribution in [3.63, 3.8) is 0 Å². The van der Waals surface area contributed by atoms with E-state index >= 15 is 0 Å². The first-order valence-corrected chi connectivity index (χ1v) is 11.3. The number of nitrogens with zero attached hydrogens (tertiary/aromatic N) is 1. The fourth-order valence-electron chi connectivity index (χ4n) is 3.72. The van der Waals surface area contributed by atoms with Crippen LogP contribution in [0.4, 0.5) is 24.5 Å². The van der Waals surface area contributed by atoms with E-state index in [1.54, 1.807) is 17.8 Å². The molecule has 0 radical (unpaired) electrons. The van der Waals surface area contributed by atoms with Crippen molar-refractivity contribution in [3.05, 3.63) is 48.0 Å². The molecule has 0 saturated carbocycles. The van der Waals surface area contributed by atoms with Gasteiger partial charge in [-0.25, -0.2) is 0 Å². The van der Waals surface area contributed by atoms with Crippen LogP contribution >= 0.6 is 11.8 Å². The lowest BCUT2D eigenvalue weighted by atomic mass is 10.1. The van der Waals surface area contributed by atoms with Crippen molar-refractivity contribution in [2.45, 2.75) is 67.3 Å². The van der Waals surface area contributed by atoms with Crippen molar-refractivity contribution < 1.29 is 13.2 Å². The Labute approximate surface area is 175 Å². The van der Waals surface area contributed by atoms with Gasteiger partial charge in [-0.1, -0.05) is 62.4 Å². The van der Waals surface area contributed by atoms with Crippen LogP contribution in [0.1, 0.15) is 56.9 Å². The molecule has 29 heavy (non-hydrogen) atoms. The maximum absolute atomic E-state index is 13.3. The van der Waals surface area contributed by atoms with E-state index in [2.05, 4.69) is 4.90 Å². The Morgan fingerprint density at radius 3 is 2.07 bits per heavy atom. The van der Waals surface area contributed by atoms with Gasteiger partial charge in [-0.2, -0.15) is 13.2 Å². The van der Waals surface area contributed by atoms with E-state index in [1.165, 1.54) is 44.2 Å². The van der Waals surface area contributed by atoms with Gasteiger partial charge in [0.05, 0.1) is 16.9 Å². The molecule has 158 valence electrons. The number of hydrogen-bond donors (Lipinski definition) is 1. The van der Waals surface area contributed by atoms with Gasteiger partial charge in [-0.3, -0.25) is 0 Å². The molecule has 1 aliphatic rings. The Balaban J connectivity index is 1.63. The van der Waals surface area contributed by atoms with Gasteiger partial charge in [0, 0.05) is 16.3 Å². The van der Waals surface area contributed by atoms with Gasteiger partial charge >= 0.3 is 6.18 Å². The summed E-state index contributed by atoms with van der Waals surface area (Å²) in [6.07, 6.45) is 4.90. The number of nitrogens with two attached hydrogens (primary N) is 1. The monoisotopic (exact) mass is 422 g/mol. The van der Waals surface area contributed by atoms with Gasteiger partial charge in [-0.05, 0) is 49.7 Å². The van der Waals surface area contributed by atoms with Crippen LogP contribution in [0.15, 0.2) is 52.3 Å². The minimum absolute atomic E-state index is 0.585. The minimum atomic E-state index is -4.33. The van der Waals surface area contributed by atoms with Gasteiger partial charge in [0.1, 0.15) is 0 Å². The third-order valence-electron chi connectivity index (χ3n) is 5.29. The average Bonchev–Trinajstić information content (AvgIpc) is 2.70. The predicted molar refractivity (Wildman–Crippen MR) is 115 cm³/mol. The summed E-state index contributed by atoms with van der Waals surface area (Å²) >= 11 is 1.54. The number of alkyl halides is 3. The van der Waals surface area contributed by atoms with Crippen LogP contribution in [0.2, 0.25) is 0 Å². The van der Waals surface area contributed by atoms with Crippen LogP contribution in [0.5, 0.6) is 0 Å². The molecule has 0 atom stereocenters. The molecule has 0 fully saturated rings. The second kappa shape index (κ2) is 10.4. The molecule has 0 saturated heterocycles. The van der Waals surface area contributed by atoms with Crippen LogP contribution < -0.4 is 10.6 Å². The number of rotatable bonds is 10. The Morgan fingerprint density at radius 1 is 0.759 bits per heavy atom. The maximum atomic E-state index is 13.3. The van der Waals surface area contributed by atoms with Crippen molar-refractivity contribution in [1.29, 1.82) is 0 Å².